The summed E-state index contributed by atoms with van der Waals surface area (Å²) in [5.41, 5.74) is 3.23. The lowest BCUT2D eigenvalue weighted by Gasteiger charge is -2.27. The summed E-state index contributed by atoms with van der Waals surface area (Å²) in [6.07, 6.45) is 2.67. The molecule has 0 bridgehead atoms. The summed E-state index contributed by atoms with van der Waals surface area (Å²) in [5.74, 6) is -0.609. The number of benzene rings is 1. The van der Waals surface area contributed by atoms with Gasteiger partial charge in [0.1, 0.15) is 11.5 Å². The number of carbonyl (C=O) groups is 2. The topological polar surface area (TPSA) is 85.1 Å². The SMILES string of the molecule is CN(C(=O)c1n[nH]c2c1CN(C(=O)c1cc3cc(F)ccc3[nH]1)CC2)C1CC1. The Morgan fingerprint density at radius 1 is 1.29 bits per heavy atom. The molecule has 2 N–H and O–H groups in total. The maximum absolute atomic E-state index is 13.4. The van der Waals surface area contributed by atoms with Crippen LogP contribution >= 0.6 is 0 Å². The van der Waals surface area contributed by atoms with Crippen molar-refractivity contribution in [3.05, 3.63) is 52.7 Å². The highest BCUT2D eigenvalue weighted by Crippen LogP contribution is 2.29. The second kappa shape index (κ2) is 6.19. The highest BCUT2D eigenvalue weighted by atomic mass is 19.1. The molecule has 0 atom stereocenters. The fourth-order valence-corrected chi connectivity index (χ4v) is 3.83. The van der Waals surface area contributed by atoms with Gasteiger partial charge in [0.25, 0.3) is 11.8 Å². The number of aromatic nitrogens is 3. The van der Waals surface area contributed by atoms with Crippen LogP contribution in [0.15, 0.2) is 24.3 Å². The van der Waals surface area contributed by atoms with Crippen molar-refractivity contribution in [3.63, 3.8) is 0 Å². The van der Waals surface area contributed by atoms with E-state index in [4.69, 9.17) is 0 Å². The fourth-order valence-electron chi connectivity index (χ4n) is 3.83. The van der Waals surface area contributed by atoms with E-state index in [2.05, 4.69) is 15.2 Å². The molecule has 0 unspecified atom stereocenters. The van der Waals surface area contributed by atoms with Gasteiger partial charge in [0.05, 0.1) is 6.54 Å². The number of aromatic amines is 2. The van der Waals surface area contributed by atoms with Gasteiger partial charge in [0.15, 0.2) is 5.69 Å². The number of halogens is 1. The highest BCUT2D eigenvalue weighted by Gasteiger charge is 2.34. The molecule has 7 nitrogen and oxygen atoms in total. The monoisotopic (exact) mass is 381 g/mol. The first kappa shape index (κ1) is 17.0. The second-order valence-corrected chi connectivity index (χ2v) is 7.57. The zero-order chi connectivity index (χ0) is 19.4. The summed E-state index contributed by atoms with van der Waals surface area (Å²) in [7, 11) is 1.80. The number of hydrogen-bond acceptors (Lipinski definition) is 3. The van der Waals surface area contributed by atoms with Gasteiger partial charge in [0.2, 0.25) is 0 Å². The molecule has 0 radical (unpaired) electrons. The van der Waals surface area contributed by atoms with Gasteiger partial charge >= 0.3 is 0 Å². The van der Waals surface area contributed by atoms with E-state index in [1.165, 1.54) is 12.1 Å². The van der Waals surface area contributed by atoms with Crippen LogP contribution in [-0.4, -0.2) is 56.4 Å². The first-order valence-corrected chi connectivity index (χ1v) is 9.42. The molecular weight excluding hydrogens is 361 g/mol. The van der Waals surface area contributed by atoms with E-state index in [1.54, 1.807) is 29.0 Å². The van der Waals surface area contributed by atoms with Crippen molar-refractivity contribution in [3.8, 4) is 0 Å². The Balaban J connectivity index is 1.40. The molecule has 2 aromatic heterocycles. The maximum Gasteiger partial charge on any atom is 0.274 e. The lowest BCUT2D eigenvalue weighted by molar-refractivity contribution is 0.0717. The van der Waals surface area contributed by atoms with Crippen LogP contribution < -0.4 is 0 Å². The van der Waals surface area contributed by atoms with Gasteiger partial charge in [-0.2, -0.15) is 5.10 Å². The number of nitrogens with zero attached hydrogens (tertiary/aromatic N) is 3. The number of nitrogens with one attached hydrogen (secondary N) is 2. The first-order chi connectivity index (χ1) is 13.5. The highest BCUT2D eigenvalue weighted by molar-refractivity contribution is 5.98. The third-order valence-corrected chi connectivity index (χ3v) is 5.65. The van der Waals surface area contributed by atoms with Gasteiger partial charge in [-0.3, -0.25) is 14.7 Å². The Morgan fingerprint density at radius 3 is 2.89 bits per heavy atom. The van der Waals surface area contributed by atoms with Gasteiger partial charge in [-0.1, -0.05) is 0 Å². The molecular formula is C20H20FN5O2. The molecule has 28 heavy (non-hydrogen) atoms. The predicted octanol–water partition coefficient (Wildman–Crippen LogP) is 2.46. The van der Waals surface area contributed by atoms with Crippen LogP contribution in [0, 0.1) is 5.82 Å². The van der Waals surface area contributed by atoms with Crippen LogP contribution in [0.1, 0.15) is 45.1 Å². The van der Waals surface area contributed by atoms with Gasteiger partial charge in [-0.25, -0.2) is 4.39 Å². The van der Waals surface area contributed by atoms with E-state index in [0.29, 0.717) is 47.8 Å². The minimum absolute atomic E-state index is 0.101. The standard InChI is InChI=1S/C20H20FN5O2/c1-25(13-3-4-13)20(28)18-14-10-26(7-6-16(14)23-24-18)19(27)17-9-11-8-12(21)2-5-15(11)22-17/h2,5,8-9,13,22H,3-4,6-7,10H2,1H3,(H,23,24). The fraction of sp³-hybridized carbons (Fsp3) is 0.350. The number of fused-ring (bicyclic) bond motifs is 2. The Bertz CT molecular complexity index is 1100. The van der Waals surface area contributed by atoms with Crippen molar-refractivity contribution in [1.82, 2.24) is 25.0 Å². The Labute approximate surface area is 160 Å². The van der Waals surface area contributed by atoms with Crippen molar-refractivity contribution in [2.75, 3.05) is 13.6 Å². The minimum Gasteiger partial charge on any atom is -0.351 e. The van der Waals surface area contributed by atoms with E-state index in [-0.39, 0.29) is 17.6 Å². The third-order valence-electron chi connectivity index (χ3n) is 5.65. The molecule has 0 saturated heterocycles. The minimum atomic E-state index is -0.338. The predicted molar refractivity (Wildman–Crippen MR) is 100 cm³/mol. The van der Waals surface area contributed by atoms with Crippen molar-refractivity contribution >= 4 is 22.7 Å². The smallest absolute Gasteiger partial charge is 0.274 e. The van der Waals surface area contributed by atoms with Crippen LogP contribution in [0.25, 0.3) is 10.9 Å². The van der Waals surface area contributed by atoms with Crippen LogP contribution in [0.3, 0.4) is 0 Å². The van der Waals surface area contributed by atoms with Gasteiger partial charge in [-0.15, -0.1) is 0 Å². The summed E-state index contributed by atoms with van der Waals surface area (Å²) < 4.78 is 13.4. The molecule has 0 spiro atoms. The molecule has 1 aliphatic carbocycles. The Hall–Kier alpha value is -3.16. The average molecular weight is 381 g/mol. The third kappa shape index (κ3) is 2.76. The Kier molecular flexibility index (Phi) is 3.75. The number of carbonyl (C=O) groups excluding carboxylic acids is 2. The lowest BCUT2D eigenvalue weighted by atomic mass is 10.0. The number of hydrogen-bond donors (Lipinski definition) is 2. The second-order valence-electron chi connectivity index (χ2n) is 7.57. The zero-order valence-corrected chi connectivity index (χ0v) is 15.5. The van der Waals surface area contributed by atoms with Gasteiger partial charge in [0, 0.05) is 48.2 Å². The van der Waals surface area contributed by atoms with Gasteiger partial charge < -0.3 is 14.8 Å². The van der Waals surface area contributed by atoms with E-state index in [1.807, 2.05) is 0 Å². The molecule has 8 heteroatoms. The molecule has 1 fully saturated rings. The molecule has 3 aromatic rings. The van der Waals surface area contributed by atoms with Crippen LogP contribution in [-0.2, 0) is 13.0 Å². The number of H-pyrrole nitrogens is 2. The molecule has 1 saturated carbocycles. The summed E-state index contributed by atoms with van der Waals surface area (Å²) in [6, 6.07) is 6.35. The van der Waals surface area contributed by atoms with Crippen LogP contribution in [0.2, 0.25) is 0 Å². The Morgan fingerprint density at radius 2 is 2.11 bits per heavy atom. The maximum atomic E-state index is 13.4. The van der Waals surface area contributed by atoms with Crippen LogP contribution in [0.4, 0.5) is 4.39 Å². The average Bonchev–Trinajstić information content (AvgIpc) is 3.33. The van der Waals surface area contributed by atoms with E-state index in [0.717, 1.165) is 24.1 Å². The van der Waals surface area contributed by atoms with E-state index < -0.39 is 0 Å². The molecule has 3 heterocycles. The molecule has 1 aliphatic heterocycles. The molecule has 2 amide bonds. The van der Waals surface area contributed by atoms with Crippen molar-refractivity contribution in [2.45, 2.75) is 31.8 Å². The summed E-state index contributed by atoms with van der Waals surface area (Å²) in [6.45, 7) is 0.859. The largest absolute Gasteiger partial charge is 0.351 e. The quantitative estimate of drug-likeness (QED) is 0.731. The van der Waals surface area contributed by atoms with Crippen LogP contribution in [0.5, 0.6) is 0 Å². The first-order valence-electron chi connectivity index (χ1n) is 9.42. The van der Waals surface area contributed by atoms with Gasteiger partial charge in [-0.05, 0) is 37.1 Å². The molecule has 5 rings (SSSR count). The lowest BCUT2D eigenvalue weighted by Crippen LogP contribution is -2.37. The van der Waals surface area contributed by atoms with Crippen molar-refractivity contribution in [2.24, 2.45) is 0 Å². The summed E-state index contributed by atoms with van der Waals surface area (Å²) in [4.78, 5) is 32.2. The molecule has 2 aliphatic rings. The zero-order valence-electron chi connectivity index (χ0n) is 15.5. The number of rotatable bonds is 3. The molecule has 144 valence electrons. The molecule has 1 aromatic carbocycles. The number of amides is 2. The van der Waals surface area contributed by atoms with Crippen molar-refractivity contribution < 1.29 is 14.0 Å². The summed E-state index contributed by atoms with van der Waals surface area (Å²) in [5, 5.41) is 7.86. The van der Waals surface area contributed by atoms with E-state index >= 15 is 0 Å². The normalized spacial score (nSPS) is 16.3. The summed E-state index contributed by atoms with van der Waals surface area (Å²) >= 11 is 0. The van der Waals surface area contributed by atoms with Crippen molar-refractivity contribution in [1.29, 1.82) is 0 Å². The van der Waals surface area contributed by atoms with E-state index in [9.17, 15) is 14.0 Å².